The van der Waals surface area contributed by atoms with Crippen LogP contribution in [-0.4, -0.2) is 115 Å². The van der Waals surface area contributed by atoms with Crippen LogP contribution in [0, 0.1) is 0 Å². The first-order chi connectivity index (χ1) is 22.7. The highest BCUT2D eigenvalue weighted by Gasteiger charge is 2.54. The molecule has 10 atom stereocenters. The van der Waals surface area contributed by atoms with Gasteiger partial charge in [0.05, 0.1) is 25.9 Å². The molecule has 0 aromatic carbocycles. The minimum Gasteiger partial charge on any atom is -0.386 e. The number of rotatable bonds is 3. The number of hydrogen-bond donors (Lipinski definition) is 7. The summed E-state index contributed by atoms with van der Waals surface area (Å²) in [7, 11) is -10.2. The Bertz CT molecular complexity index is 2130. The molecule has 3 aliphatic rings. The number of aliphatic hydroxyl groups is 2. The highest BCUT2D eigenvalue weighted by atomic mass is 31.2. The molecular weight excluding hydrogens is 690 g/mol. The van der Waals surface area contributed by atoms with Crippen LogP contribution in [0.4, 0.5) is 11.9 Å². The monoisotopic (exact) mass is 716 g/mol. The molecule has 3 aliphatic heterocycles. The minimum absolute atomic E-state index is 0.0806. The van der Waals surface area contributed by atoms with Gasteiger partial charge in [-0.1, -0.05) is 0 Å². The molecule has 8 N–H and O–H groups in total. The maximum Gasteiger partial charge on any atom is 0.472 e. The zero-order valence-corrected chi connectivity index (χ0v) is 26.0. The van der Waals surface area contributed by atoms with E-state index in [2.05, 4.69) is 34.9 Å². The second-order valence-corrected chi connectivity index (χ2v) is 13.5. The van der Waals surface area contributed by atoms with Crippen LogP contribution < -0.4 is 16.9 Å². The first-order valence-corrected chi connectivity index (χ1v) is 16.9. The topological polar surface area (TPSA) is 336 Å². The third-order valence-electron chi connectivity index (χ3n) is 7.60. The van der Waals surface area contributed by atoms with Crippen molar-refractivity contribution in [1.82, 2.24) is 39.0 Å². The summed E-state index contributed by atoms with van der Waals surface area (Å²) >= 11 is 0. The zero-order chi connectivity index (χ0) is 34.1. The number of ether oxygens (including phenoxy) is 2. The van der Waals surface area contributed by atoms with E-state index in [-0.39, 0.29) is 34.2 Å². The predicted octanol–water partition coefficient (Wildman–Crippen LogP) is -1.91. The number of nitrogen functional groups attached to an aromatic ring is 1. The number of H-pyrrole nitrogens is 2. The highest BCUT2D eigenvalue weighted by Crippen LogP contribution is 2.53. The number of phosphoric ester groups is 2. The van der Waals surface area contributed by atoms with Crippen LogP contribution in [0.3, 0.4) is 0 Å². The van der Waals surface area contributed by atoms with Gasteiger partial charge in [0, 0.05) is 6.21 Å². The summed E-state index contributed by atoms with van der Waals surface area (Å²) < 4.78 is 60.9. The Hall–Kier alpha value is -3.77. The van der Waals surface area contributed by atoms with Crippen molar-refractivity contribution in [3.8, 4) is 0 Å². The van der Waals surface area contributed by atoms with Crippen molar-refractivity contribution in [2.75, 3.05) is 18.9 Å². The van der Waals surface area contributed by atoms with Gasteiger partial charge in [-0.05, 0) is 6.92 Å². The number of aliphatic hydroxyl groups excluding tert-OH is 2. The van der Waals surface area contributed by atoms with Gasteiger partial charge in [-0.2, -0.15) is 9.97 Å². The lowest BCUT2D eigenvalue weighted by Gasteiger charge is -2.27. The summed E-state index contributed by atoms with van der Waals surface area (Å²) in [4.78, 5) is 70.7. The molecule has 0 saturated carbocycles. The van der Waals surface area contributed by atoms with Crippen LogP contribution in [0.1, 0.15) is 19.4 Å². The number of aromatic nitrogens is 8. The lowest BCUT2D eigenvalue weighted by Crippen LogP contribution is -2.39. The Kier molecular flexibility index (Phi) is 8.17. The second-order valence-electron chi connectivity index (χ2n) is 10.7. The molecule has 7 heterocycles. The fourth-order valence-corrected chi connectivity index (χ4v) is 7.47. The number of nitrogens with zero attached hydrogens (tertiary/aromatic N) is 7. The second kappa shape index (κ2) is 12.0. The molecule has 7 rings (SSSR count). The van der Waals surface area contributed by atoms with Crippen LogP contribution in [-0.2, 0) is 36.7 Å². The summed E-state index contributed by atoms with van der Waals surface area (Å²) in [5.74, 6) is -0.368. The van der Waals surface area contributed by atoms with Gasteiger partial charge in [0.15, 0.2) is 34.8 Å². The van der Waals surface area contributed by atoms with E-state index in [1.54, 1.807) is 6.92 Å². The summed E-state index contributed by atoms with van der Waals surface area (Å²) in [5, 5.41) is 22.4. The molecule has 4 aromatic heterocycles. The van der Waals surface area contributed by atoms with Gasteiger partial charge in [-0.3, -0.25) is 46.8 Å². The molecule has 26 heteroatoms. The number of phosphoric acid groups is 2. The van der Waals surface area contributed by atoms with Gasteiger partial charge in [0.1, 0.15) is 36.6 Å². The Labute approximate surface area is 265 Å². The maximum atomic E-state index is 13.2. The van der Waals surface area contributed by atoms with Crippen LogP contribution in [0.2, 0.25) is 0 Å². The molecule has 4 aromatic rings. The summed E-state index contributed by atoms with van der Waals surface area (Å²) in [6.45, 7) is -0.148. The number of fused-ring (bicyclic) bond motifs is 4. The summed E-state index contributed by atoms with van der Waals surface area (Å²) in [6, 6.07) is 0. The Morgan fingerprint density at radius 1 is 0.875 bits per heavy atom. The molecule has 0 radical (unpaired) electrons. The van der Waals surface area contributed by atoms with Gasteiger partial charge in [-0.15, -0.1) is 0 Å². The number of hydrogen-bond acceptors (Lipinski definition) is 18. The number of imidazole rings is 2. The van der Waals surface area contributed by atoms with Crippen LogP contribution >= 0.6 is 15.6 Å². The standard InChI is InChI=1S/C22H26N10O14P2/c1-2-24-22-28-16-10(18(36)30-22)26-6-32(16)20-12(34)14-8(44-20)4-42-47(37,38)45-13-7(3-41-48(39,40)46-14)43-19(11(13)33)31-5-25-9-15(31)27-21(23)29-17(9)35/h2,5-8,11-14,19-20,33-34H,3-4H2,1H3,(H,37,38)(H,39,40)(H,28,30,36)(H3,23,27,29,35)/b24-2-/t7-,8-,11?,12?,13+,14+,19-,20-/m1/s1. The summed E-state index contributed by atoms with van der Waals surface area (Å²) in [5.41, 5.74) is 3.77. The molecule has 48 heavy (non-hydrogen) atoms. The van der Waals surface area contributed by atoms with E-state index in [1.165, 1.54) is 6.21 Å². The number of aromatic amines is 2. The van der Waals surface area contributed by atoms with Gasteiger partial charge in [0.2, 0.25) is 11.9 Å². The Morgan fingerprint density at radius 3 is 1.85 bits per heavy atom. The fraction of sp³-hybridized carbons (Fsp3) is 0.500. The zero-order valence-electron chi connectivity index (χ0n) is 24.2. The average Bonchev–Trinajstić information content (AvgIpc) is 3.76. The largest absolute Gasteiger partial charge is 0.472 e. The Morgan fingerprint density at radius 2 is 1.35 bits per heavy atom. The SMILES string of the molecule is C/C=N\c1nc2c(ncn2[C@@H]2O[C@@H]3COP(=O)(O)O[C@@H]4C(O)[C@H](n5cnc6c(=O)[nH]c(N)nc65)O[C@@H]4COP(=O)(O)O[C@@H]3C2O)c(=O)[nH]1. The van der Waals surface area contributed by atoms with Crippen molar-refractivity contribution in [2.45, 2.75) is 56.0 Å². The first kappa shape index (κ1) is 32.8. The molecule has 24 nitrogen and oxygen atoms in total. The van der Waals surface area contributed by atoms with E-state index in [1.807, 2.05) is 0 Å². The molecule has 3 fully saturated rings. The average molecular weight is 716 g/mol. The van der Waals surface area contributed by atoms with Crippen molar-refractivity contribution in [2.24, 2.45) is 4.99 Å². The van der Waals surface area contributed by atoms with Crippen molar-refractivity contribution >= 4 is 56.1 Å². The maximum absolute atomic E-state index is 13.2. The first-order valence-electron chi connectivity index (χ1n) is 13.9. The molecular formula is C22H26N10O14P2. The molecule has 3 saturated heterocycles. The lowest BCUT2D eigenvalue weighted by molar-refractivity contribution is -0.0664. The molecule has 0 aliphatic carbocycles. The third-order valence-corrected chi connectivity index (χ3v) is 9.57. The normalized spacial score (nSPS) is 36.3. The van der Waals surface area contributed by atoms with Gasteiger partial charge in [0.25, 0.3) is 11.1 Å². The van der Waals surface area contributed by atoms with Crippen molar-refractivity contribution in [1.29, 1.82) is 0 Å². The van der Waals surface area contributed by atoms with Crippen molar-refractivity contribution in [3.05, 3.63) is 33.4 Å². The van der Waals surface area contributed by atoms with Crippen molar-refractivity contribution in [3.63, 3.8) is 0 Å². The van der Waals surface area contributed by atoms with E-state index in [4.69, 9.17) is 33.3 Å². The van der Waals surface area contributed by atoms with E-state index >= 15 is 0 Å². The van der Waals surface area contributed by atoms with Gasteiger partial charge < -0.3 is 35.2 Å². The number of nitrogens with two attached hydrogens (primary N) is 1. The summed E-state index contributed by atoms with van der Waals surface area (Å²) in [6.07, 6.45) is -9.48. The number of aliphatic imine (C=N–C) groups is 1. The van der Waals surface area contributed by atoms with Crippen molar-refractivity contribution < 1.29 is 56.7 Å². The molecule has 0 spiro atoms. The quantitative estimate of drug-likeness (QED) is 0.0898. The molecule has 0 amide bonds. The van der Waals surface area contributed by atoms with Crippen LogP contribution in [0.25, 0.3) is 22.3 Å². The van der Waals surface area contributed by atoms with E-state index in [0.717, 1.165) is 21.8 Å². The molecule has 0 bridgehead atoms. The molecule has 4 unspecified atom stereocenters. The smallest absolute Gasteiger partial charge is 0.386 e. The van der Waals surface area contributed by atoms with E-state index < -0.39 is 89.1 Å². The minimum atomic E-state index is -5.11. The van der Waals surface area contributed by atoms with Crippen LogP contribution in [0.5, 0.6) is 0 Å². The highest BCUT2D eigenvalue weighted by molar-refractivity contribution is 7.47. The van der Waals surface area contributed by atoms with E-state index in [0.29, 0.717) is 0 Å². The number of nitrogens with one attached hydrogen (secondary N) is 2. The predicted molar refractivity (Wildman–Crippen MR) is 156 cm³/mol. The van der Waals surface area contributed by atoms with Crippen LogP contribution in [0.15, 0.2) is 27.2 Å². The van der Waals surface area contributed by atoms with E-state index in [9.17, 15) is 38.7 Å². The molecule has 258 valence electrons. The lowest BCUT2D eigenvalue weighted by atomic mass is 10.1. The third kappa shape index (κ3) is 5.80. The Balaban J connectivity index is 1.17. The van der Waals surface area contributed by atoms with Gasteiger partial charge in [-0.25, -0.2) is 24.1 Å². The fourth-order valence-electron chi connectivity index (χ4n) is 5.54. The van der Waals surface area contributed by atoms with Gasteiger partial charge >= 0.3 is 15.6 Å². The number of anilines is 1.